The lowest BCUT2D eigenvalue weighted by atomic mass is 9.95. The molecule has 12 nitrogen and oxygen atoms in total. The van der Waals surface area contributed by atoms with Gasteiger partial charge in [0.15, 0.2) is 29.2 Å². The minimum atomic E-state index is -1.13. The summed E-state index contributed by atoms with van der Waals surface area (Å²) in [4.78, 5) is 24.5. The van der Waals surface area contributed by atoms with Crippen molar-refractivity contribution in [2.75, 3.05) is 33.5 Å². The molecule has 40 heavy (non-hydrogen) atoms. The topological polar surface area (TPSA) is 149 Å². The van der Waals surface area contributed by atoms with E-state index in [9.17, 15) is 14.7 Å². The number of benzene rings is 2. The third-order valence-electron chi connectivity index (χ3n) is 5.68. The number of amides is 2. The molecule has 0 bridgehead atoms. The van der Waals surface area contributed by atoms with Gasteiger partial charge in [-0.15, -0.1) is 0 Å². The fourth-order valence-corrected chi connectivity index (χ4v) is 3.97. The van der Waals surface area contributed by atoms with Crippen LogP contribution < -0.4 is 35.0 Å². The molecule has 3 rings (SSSR count). The van der Waals surface area contributed by atoms with Crippen LogP contribution in [0.15, 0.2) is 52.8 Å². The van der Waals surface area contributed by atoms with Gasteiger partial charge in [0.2, 0.25) is 0 Å². The van der Waals surface area contributed by atoms with E-state index in [0.29, 0.717) is 54.1 Å². The molecule has 0 spiro atoms. The summed E-state index contributed by atoms with van der Waals surface area (Å²) >= 11 is 0. The van der Waals surface area contributed by atoms with E-state index in [4.69, 9.17) is 23.7 Å². The number of hydrogen-bond donors (Lipinski definition) is 4. The highest BCUT2D eigenvalue weighted by molar-refractivity contribution is 5.95. The van der Waals surface area contributed by atoms with Gasteiger partial charge >= 0.3 is 12.0 Å². The van der Waals surface area contributed by atoms with Gasteiger partial charge in [-0.3, -0.25) is 5.43 Å². The van der Waals surface area contributed by atoms with Crippen LogP contribution >= 0.6 is 0 Å². The summed E-state index contributed by atoms with van der Waals surface area (Å²) in [7, 11) is 1.28. The predicted octanol–water partition coefficient (Wildman–Crippen LogP) is 3.00. The molecule has 1 aliphatic rings. The van der Waals surface area contributed by atoms with Crippen LogP contribution in [0.1, 0.15) is 44.9 Å². The van der Waals surface area contributed by atoms with Crippen molar-refractivity contribution in [3.8, 4) is 23.0 Å². The van der Waals surface area contributed by atoms with Crippen LogP contribution in [0.25, 0.3) is 0 Å². The second-order valence-electron chi connectivity index (χ2n) is 8.49. The lowest BCUT2D eigenvalue weighted by molar-refractivity contribution is -0.136. The Balaban J connectivity index is 1.68. The molecule has 0 aliphatic carbocycles. The zero-order chi connectivity index (χ0) is 29.1. The maximum Gasteiger partial charge on any atom is 0.337 e. The van der Waals surface area contributed by atoms with Crippen molar-refractivity contribution < 1.29 is 38.4 Å². The molecule has 0 saturated heterocycles. The number of aliphatic hydroxyl groups excluding tert-OH is 1. The van der Waals surface area contributed by atoms with E-state index >= 15 is 0 Å². The average Bonchev–Trinajstić information content (AvgIpc) is 2.93. The number of esters is 1. The summed E-state index contributed by atoms with van der Waals surface area (Å²) in [5.74, 6) is 1.43. The third kappa shape index (κ3) is 7.79. The van der Waals surface area contributed by atoms with Crippen molar-refractivity contribution in [1.29, 1.82) is 0 Å². The number of allylic oxidation sites excluding steroid dienone is 1. The van der Waals surface area contributed by atoms with Crippen molar-refractivity contribution in [3.05, 3.63) is 58.8 Å². The van der Waals surface area contributed by atoms with Gasteiger partial charge in [-0.1, -0.05) is 6.07 Å². The van der Waals surface area contributed by atoms with Gasteiger partial charge in [-0.25, -0.2) is 9.59 Å². The monoisotopic (exact) mass is 556 g/mol. The number of methoxy groups -OCH3 is 1. The highest BCUT2D eigenvalue weighted by Crippen LogP contribution is 2.35. The first kappa shape index (κ1) is 30.1. The quantitative estimate of drug-likeness (QED) is 0.119. The molecule has 12 heteroatoms. The first-order valence-electron chi connectivity index (χ1n) is 12.9. The molecule has 4 N–H and O–H groups in total. The molecular weight excluding hydrogens is 520 g/mol. The maximum atomic E-state index is 12.4. The molecule has 2 aromatic rings. The Kier molecular flexibility index (Phi) is 11.0. The number of rotatable bonds is 14. The number of hydrogen-bond acceptors (Lipinski definition) is 10. The zero-order valence-electron chi connectivity index (χ0n) is 23.3. The van der Waals surface area contributed by atoms with E-state index in [1.54, 1.807) is 43.5 Å². The second-order valence-corrected chi connectivity index (χ2v) is 8.49. The molecule has 1 aliphatic heterocycles. The van der Waals surface area contributed by atoms with Gasteiger partial charge in [-0.2, -0.15) is 5.10 Å². The Morgan fingerprint density at radius 2 is 1.62 bits per heavy atom. The zero-order valence-corrected chi connectivity index (χ0v) is 23.3. The standard InChI is InChI=1S/C28H36N4O8/c1-6-37-20-11-9-18(13-22(20)38-7-2)15-29-32-24(33)16-40-21-12-10-19(14-23(21)39-8-3)26-25(27(34)36-5)17(4)30-28(35)31-26/h9-15,24,26,32-33H,6-8,16H2,1-5H3,(H2,30,31,35)/b29-15-/t24-,26-/m1/s1. The largest absolute Gasteiger partial charge is 0.490 e. The van der Waals surface area contributed by atoms with Crippen molar-refractivity contribution in [1.82, 2.24) is 16.1 Å². The fraction of sp³-hybridized carbons (Fsp3) is 0.393. The van der Waals surface area contributed by atoms with E-state index in [2.05, 4.69) is 21.2 Å². The first-order chi connectivity index (χ1) is 19.3. The number of carbonyl (C=O) groups excluding carboxylic acids is 2. The fourth-order valence-electron chi connectivity index (χ4n) is 3.97. The third-order valence-corrected chi connectivity index (χ3v) is 5.68. The number of nitrogens with one attached hydrogen (secondary N) is 3. The molecule has 2 amide bonds. The molecule has 2 atom stereocenters. The van der Waals surface area contributed by atoms with Crippen LogP contribution in [0.2, 0.25) is 0 Å². The second kappa shape index (κ2) is 14.6. The average molecular weight is 557 g/mol. The van der Waals surface area contributed by atoms with Gasteiger partial charge in [0.05, 0.1) is 44.8 Å². The summed E-state index contributed by atoms with van der Waals surface area (Å²) in [6.07, 6.45) is 0.420. The Morgan fingerprint density at radius 1 is 1.00 bits per heavy atom. The van der Waals surface area contributed by atoms with E-state index in [0.717, 1.165) is 5.56 Å². The van der Waals surface area contributed by atoms with E-state index in [-0.39, 0.29) is 12.2 Å². The molecule has 0 fully saturated rings. The Hall–Kier alpha value is -4.45. The minimum absolute atomic E-state index is 0.138. The van der Waals surface area contributed by atoms with Crippen LogP contribution in [-0.4, -0.2) is 63.1 Å². The number of aliphatic hydroxyl groups is 1. The number of hydrazone groups is 1. The van der Waals surface area contributed by atoms with Crippen LogP contribution in [0, 0.1) is 0 Å². The highest BCUT2D eigenvalue weighted by Gasteiger charge is 2.32. The summed E-state index contributed by atoms with van der Waals surface area (Å²) in [6, 6.07) is 9.24. The van der Waals surface area contributed by atoms with E-state index in [1.807, 2.05) is 26.8 Å². The van der Waals surface area contributed by atoms with Crippen molar-refractivity contribution in [3.63, 3.8) is 0 Å². The normalized spacial score (nSPS) is 15.7. The number of carbonyl (C=O) groups is 2. The molecule has 0 aromatic heterocycles. The Bertz CT molecular complexity index is 1250. The summed E-state index contributed by atoms with van der Waals surface area (Å²) in [5.41, 5.74) is 4.63. The molecule has 0 saturated carbocycles. The molecule has 0 radical (unpaired) electrons. The number of nitrogens with zero attached hydrogens (tertiary/aromatic N) is 1. The maximum absolute atomic E-state index is 12.4. The lowest BCUT2D eigenvalue weighted by Gasteiger charge is -2.28. The number of urea groups is 1. The van der Waals surface area contributed by atoms with Crippen LogP contribution in [0.4, 0.5) is 4.79 Å². The molecule has 0 unspecified atom stereocenters. The smallest absolute Gasteiger partial charge is 0.337 e. The van der Waals surface area contributed by atoms with Gasteiger partial charge in [-0.05, 0) is 69.2 Å². The molecule has 2 aromatic carbocycles. The predicted molar refractivity (Wildman–Crippen MR) is 148 cm³/mol. The SMILES string of the molecule is CCOc1ccc(/C=N\N[C@H](O)COc2ccc([C@H]3NC(=O)NC(C)=C3C(=O)OC)cc2OCC)cc1OCC. The Labute approximate surface area is 233 Å². The van der Waals surface area contributed by atoms with Crippen LogP contribution in [-0.2, 0) is 9.53 Å². The van der Waals surface area contributed by atoms with Crippen LogP contribution in [0.5, 0.6) is 23.0 Å². The summed E-state index contributed by atoms with van der Waals surface area (Å²) in [5, 5.41) is 19.8. The molecule has 1 heterocycles. The van der Waals surface area contributed by atoms with Gasteiger partial charge in [0.1, 0.15) is 6.61 Å². The lowest BCUT2D eigenvalue weighted by Crippen LogP contribution is -2.45. The van der Waals surface area contributed by atoms with Gasteiger partial charge < -0.3 is 39.4 Å². The minimum Gasteiger partial charge on any atom is -0.490 e. The highest BCUT2D eigenvalue weighted by atomic mass is 16.5. The summed E-state index contributed by atoms with van der Waals surface area (Å²) in [6.45, 7) is 8.46. The van der Waals surface area contributed by atoms with E-state index in [1.165, 1.54) is 7.11 Å². The van der Waals surface area contributed by atoms with E-state index < -0.39 is 24.3 Å². The first-order valence-corrected chi connectivity index (χ1v) is 12.9. The molecule has 216 valence electrons. The summed E-state index contributed by atoms with van der Waals surface area (Å²) < 4.78 is 27.6. The molecular formula is C28H36N4O8. The van der Waals surface area contributed by atoms with Gasteiger partial charge in [0, 0.05) is 5.70 Å². The van der Waals surface area contributed by atoms with Crippen molar-refractivity contribution >= 4 is 18.2 Å². The van der Waals surface area contributed by atoms with Crippen molar-refractivity contribution in [2.45, 2.75) is 40.0 Å². The number of ether oxygens (including phenoxy) is 5. The van der Waals surface area contributed by atoms with Gasteiger partial charge in [0.25, 0.3) is 0 Å². The Morgan fingerprint density at radius 3 is 2.30 bits per heavy atom. The van der Waals surface area contributed by atoms with Crippen LogP contribution in [0.3, 0.4) is 0 Å². The van der Waals surface area contributed by atoms with Crippen molar-refractivity contribution in [2.24, 2.45) is 5.10 Å².